The monoisotopic (exact) mass is 653 g/mol. The first kappa shape index (κ1) is 29.1. The average Bonchev–Trinajstić information content (AvgIpc) is 3.78. The van der Waals surface area contributed by atoms with Crippen LogP contribution in [0.5, 0.6) is 0 Å². The van der Waals surface area contributed by atoms with Crippen molar-refractivity contribution in [3.05, 3.63) is 188 Å². The highest BCUT2D eigenvalue weighted by atomic mass is 16.3. The fraction of sp³-hybridized carbons (Fsp3) is 0. The summed E-state index contributed by atoms with van der Waals surface area (Å²) in [6.07, 6.45) is 0. The molecular weight excluding hydrogens is 623 g/mol. The van der Waals surface area contributed by atoms with Gasteiger partial charge in [0, 0.05) is 39.0 Å². The number of furan rings is 2. The lowest BCUT2D eigenvalue weighted by Gasteiger charge is -2.26. The molecular formula is C48H31NO2. The number of fused-ring (bicyclic) bond motifs is 7. The summed E-state index contributed by atoms with van der Waals surface area (Å²) in [5.74, 6) is 0. The largest absolute Gasteiger partial charge is 0.456 e. The van der Waals surface area contributed by atoms with Crippen LogP contribution >= 0.6 is 0 Å². The Kier molecular flexibility index (Phi) is 6.81. The summed E-state index contributed by atoms with van der Waals surface area (Å²) in [7, 11) is 0. The number of para-hydroxylation sites is 2. The molecule has 240 valence electrons. The van der Waals surface area contributed by atoms with Gasteiger partial charge < -0.3 is 13.7 Å². The van der Waals surface area contributed by atoms with Crippen LogP contribution in [0.25, 0.3) is 77.3 Å². The third-order valence-corrected chi connectivity index (χ3v) is 9.89. The first-order valence-corrected chi connectivity index (χ1v) is 17.3. The Balaban J connectivity index is 1.15. The number of anilines is 3. The maximum atomic E-state index is 6.78. The van der Waals surface area contributed by atoms with Crippen LogP contribution in [-0.4, -0.2) is 0 Å². The van der Waals surface area contributed by atoms with E-state index in [2.05, 4.69) is 157 Å². The second-order valence-corrected chi connectivity index (χ2v) is 12.9. The minimum Gasteiger partial charge on any atom is -0.456 e. The zero-order chi connectivity index (χ0) is 33.7. The predicted octanol–water partition coefficient (Wildman–Crippen LogP) is 14.0. The number of hydrogen-bond acceptors (Lipinski definition) is 3. The van der Waals surface area contributed by atoms with E-state index in [0.717, 1.165) is 72.1 Å². The van der Waals surface area contributed by atoms with E-state index in [-0.39, 0.29) is 0 Å². The molecule has 0 saturated carbocycles. The summed E-state index contributed by atoms with van der Waals surface area (Å²) < 4.78 is 13.4. The van der Waals surface area contributed by atoms with Crippen LogP contribution < -0.4 is 4.90 Å². The summed E-state index contributed by atoms with van der Waals surface area (Å²) in [6, 6.07) is 66.0. The maximum Gasteiger partial charge on any atom is 0.160 e. The molecule has 0 saturated heterocycles. The highest BCUT2D eigenvalue weighted by Crippen LogP contribution is 2.48. The molecule has 0 aliphatic rings. The van der Waals surface area contributed by atoms with Crippen molar-refractivity contribution in [3.63, 3.8) is 0 Å². The quantitative estimate of drug-likeness (QED) is 0.179. The second kappa shape index (κ2) is 11.9. The second-order valence-electron chi connectivity index (χ2n) is 12.9. The Morgan fingerprint density at radius 2 is 0.706 bits per heavy atom. The molecule has 3 heteroatoms. The molecule has 0 radical (unpaired) electrons. The molecule has 8 aromatic carbocycles. The zero-order valence-electron chi connectivity index (χ0n) is 27.7. The molecule has 10 aromatic rings. The van der Waals surface area contributed by atoms with Crippen molar-refractivity contribution in [2.45, 2.75) is 0 Å². The van der Waals surface area contributed by atoms with Gasteiger partial charge in [-0.25, -0.2) is 0 Å². The van der Waals surface area contributed by atoms with Gasteiger partial charge in [-0.2, -0.15) is 0 Å². The van der Waals surface area contributed by atoms with Crippen molar-refractivity contribution in [2.75, 3.05) is 4.90 Å². The molecule has 0 N–H and O–H groups in total. The maximum absolute atomic E-state index is 6.78. The number of hydrogen-bond donors (Lipinski definition) is 0. The Morgan fingerprint density at radius 3 is 1.22 bits per heavy atom. The fourth-order valence-corrected chi connectivity index (χ4v) is 7.40. The summed E-state index contributed by atoms with van der Waals surface area (Å²) >= 11 is 0. The Hall–Kier alpha value is -6.84. The Labute approximate surface area is 295 Å². The lowest BCUT2D eigenvalue weighted by atomic mass is 9.99. The van der Waals surface area contributed by atoms with E-state index in [4.69, 9.17) is 8.83 Å². The number of rotatable bonds is 6. The van der Waals surface area contributed by atoms with Gasteiger partial charge in [0.05, 0.1) is 5.69 Å². The van der Waals surface area contributed by atoms with E-state index in [1.807, 2.05) is 36.4 Å². The van der Waals surface area contributed by atoms with Crippen LogP contribution in [0, 0.1) is 0 Å². The van der Waals surface area contributed by atoms with Gasteiger partial charge in [0.25, 0.3) is 0 Å². The Morgan fingerprint density at radius 1 is 0.314 bits per heavy atom. The van der Waals surface area contributed by atoms with Gasteiger partial charge in [-0.05, 0) is 69.8 Å². The summed E-state index contributed by atoms with van der Waals surface area (Å²) in [6.45, 7) is 0. The van der Waals surface area contributed by atoms with Gasteiger partial charge in [-0.1, -0.05) is 146 Å². The molecule has 10 rings (SSSR count). The van der Waals surface area contributed by atoms with E-state index >= 15 is 0 Å². The first-order chi connectivity index (χ1) is 25.3. The minimum atomic E-state index is 0.822. The van der Waals surface area contributed by atoms with E-state index in [1.165, 1.54) is 22.3 Å². The van der Waals surface area contributed by atoms with Crippen LogP contribution in [0.15, 0.2) is 197 Å². The minimum absolute atomic E-state index is 0.822. The molecule has 0 spiro atoms. The Bertz CT molecular complexity index is 2810. The van der Waals surface area contributed by atoms with E-state index < -0.39 is 0 Å². The molecule has 0 bridgehead atoms. The highest BCUT2D eigenvalue weighted by Gasteiger charge is 2.24. The van der Waals surface area contributed by atoms with Gasteiger partial charge in [0.15, 0.2) is 5.58 Å². The molecule has 0 atom stereocenters. The van der Waals surface area contributed by atoms with Crippen LogP contribution in [0.2, 0.25) is 0 Å². The number of benzene rings is 8. The standard InChI is InChI=1S/C48H31NO2/c1-3-11-32(12-4-1)34-19-21-35(22-20-34)37-25-29-39(30-26-37)49(38-27-23-36(24-28-38)33-13-5-2-6-14-33)42-31-45-46(40-15-7-9-17-43(40)50-45)47-41-16-8-10-18-44(41)51-48(42)47/h1-31H. The molecule has 0 aliphatic heterocycles. The molecule has 2 aromatic heterocycles. The van der Waals surface area contributed by atoms with Crippen LogP contribution in [0.4, 0.5) is 17.1 Å². The molecule has 0 amide bonds. The normalized spacial score (nSPS) is 11.5. The van der Waals surface area contributed by atoms with E-state index in [0.29, 0.717) is 0 Å². The smallest absolute Gasteiger partial charge is 0.160 e. The van der Waals surface area contributed by atoms with Crippen LogP contribution in [0.1, 0.15) is 0 Å². The molecule has 2 heterocycles. The summed E-state index contributed by atoms with van der Waals surface area (Å²) in [4.78, 5) is 2.29. The van der Waals surface area contributed by atoms with Crippen molar-refractivity contribution >= 4 is 60.9 Å². The van der Waals surface area contributed by atoms with Crippen molar-refractivity contribution in [1.82, 2.24) is 0 Å². The van der Waals surface area contributed by atoms with Gasteiger partial charge in [-0.3, -0.25) is 0 Å². The number of nitrogens with zero attached hydrogens (tertiary/aromatic N) is 1. The molecule has 0 unspecified atom stereocenters. The van der Waals surface area contributed by atoms with E-state index in [9.17, 15) is 0 Å². The van der Waals surface area contributed by atoms with Crippen molar-refractivity contribution in [2.24, 2.45) is 0 Å². The molecule has 0 aliphatic carbocycles. The van der Waals surface area contributed by atoms with E-state index in [1.54, 1.807) is 0 Å². The topological polar surface area (TPSA) is 29.5 Å². The summed E-state index contributed by atoms with van der Waals surface area (Å²) in [5, 5.41) is 4.28. The van der Waals surface area contributed by atoms with Crippen molar-refractivity contribution in [3.8, 4) is 33.4 Å². The first-order valence-electron chi connectivity index (χ1n) is 17.3. The SMILES string of the molecule is c1ccc(-c2ccc(-c3ccc(N(c4ccc(-c5ccccc5)cc4)c4cc5oc6ccccc6c5c5c4oc4ccccc45)cc3)cc2)cc1. The van der Waals surface area contributed by atoms with Gasteiger partial charge >= 0.3 is 0 Å². The lowest BCUT2D eigenvalue weighted by Crippen LogP contribution is -2.10. The third-order valence-electron chi connectivity index (χ3n) is 9.89. The van der Waals surface area contributed by atoms with Crippen LogP contribution in [-0.2, 0) is 0 Å². The van der Waals surface area contributed by atoms with Gasteiger partial charge in [0.1, 0.15) is 16.7 Å². The van der Waals surface area contributed by atoms with Crippen molar-refractivity contribution < 1.29 is 8.83 Å². The molecule has 0 fully saturated rings. The van der Waals surface area contributed by atoms with Crippen LogP contribution in [0.3, 0.4) is 0 Å². The fourth-order valence-electron chi connectivity index (χ4n) is 7.40. The van der Waals surface area contributed by atoms with Gasteiger partial charge in [-0.15, -0.1) is 0 Å². The summed E-state index contributed by atoms with van der Waals surface area (Å²) in [5.41, 5.74) is 13.4. The predicted molar refractivity (Wildman–Crippen MR) is 212 cm³/mol. The highest BCUT2D eigenvalue weighted by molar-refractivity contribution is 6.28. The van der Waals surface area contributed by atoms with Gasteiger partial charge in [0.2, 0.25) is 0 Å². The van der Waals surface area contributed by atoms with Crippen molar-refractivity contribution in [1.29, 1.82) is 0 Å². The third kappa shape index (κ3) is 4.98. The lowest BCUT2D eigenvalue weighted by molar-refractivity contribution is 0.663. The molecule has 51 heavy (non-hydrogen) atoms. The zero-order valence-corrected chi connectivity index (χ0v) is 27.7. The molecule has 3 nitrogen and oxygen atoms in total. The average molecular weight is 654 g/mol.